The second-order valence-corrected chi connectivity index (χ2v) is 6.68. The first-order valence-electron chi connectivity index (χ1n) is 8.34. The maximum atomic E-state index is 4.81. The van der Waals surface area contributed by atoms with Gasteiger partial charge in [-0.05, 0) is 24.8 Å². The molecule has 4 nitrogen and oxygen atoms in total. The summed E-state index contributed by atoms with van der Waals surface area (Å²) in [7, 11) is 0. The summed E-state index contributed by atoms with van der Waals surface area (Å²) in [6, 6.07) is 0. The number of piperidine rings is 1. The van der Waals surface area contributed by atoms with Gasteiger partial charge in [0, 0.05) is 25.6 Å². The van der Waals surface area contributed by atoms with E-state index in [-0.39, 0.29) is 0 Å². The largest absolute Gasteiger partial charge is 0.368 e. The Bertz CT molecular complexity index is 458. The highest BCUT2D eigenvalue weighted by molar-refractivity contribution is 5.49. The maximum Gasteiger partial charge on any atom is 0.131 e. The Morgan fingerprint density at radius 2 is 2.10 bits per heavy atom. The Balaban J connectivity index is 2.24. The van der Waals surface area contributed by atoms with Crippen molar-refractivity contribution >= 4 is 5.69 Å². The van der Waals surface area contributed by atoms with Gasteiger partial charge in [-0.15, -0.1) is 0 Å². The van der Waals surface area contributed by atoms with E-state index in [1.165, 1.54) is 12.1 Å². The molecule has 0 bridgehead atoms. The molecule has 2 unspecified atom stereocenters. The first kappa shape index (κ1) is 16.2. The molecule has 21 heavy (non-hydrogen) atoms. The van der Waals surface area contributed by atoms with Crippen molar-refractivity contribution in [1.29, 1.82) is 0 Å². The molecule has 1 aromatic rings. The van der Waals surface area contributed by atoms with Gasteiger partial charge >= 0.3 is 0 Å². The molecule has 1 aliphatic heterocycles. The molecule has 4 heteroatoms. The van der Waals surface area contributed by atoms with Crippen LogP contribution in [-0.4, -0.2) is 29.6 Å². The highest BCUT2D eigenvalue weighted by atomic mass is 15.2. The van der Waals surface area contributed by atoms with Crippen LogP contribution in [0, 0.1) is 11.8 Å². The lowest BCUT2D eigenvalue weighted by atomic mass is 9.88. The SMILES string of the molecule is CCNCc1nc(C(C)C)ncc1N1CCC(C)C(C)C1. The highest BCUT2D eigenvalue weighted by Gasteiger charge is 2.25. The lowest BCUT2D eigenvalue weighted by Gasteiger charge is -2.37. The monoisotopic (exact) mass is 290 g/mol. The number of aromatic nitrogens is 2. The zero-order valence-electron chi connectivity index (χ0n) is 14.2. The maximum absolute atomic E-state index is 4.81. The van der Waals surface area contributed by atoms with Crippen LogP contribution in [0.4, 0.5) is 5.69 Å². The molecule has 2 heterocycles. The molecule has 1 aromatic heterocycles. The van der Waals surface area contributed by atoms with Crippen molar-refractivity contribution in [2.24, 2.45) is 11.8 Å². The number of nitrogens with one attached hydrogen (secondary N) is 1. The summed E-state index contributed by atoms with van der Waals surface area (Å²) in [5.41, 5.74) is 2.37. The number of hydrogen-bond donors (Lipinski definition) is 1. The molecule has 0 amide bonds. The molecule has 0 radical (unpaired) electrons. The summed E-state index contributed by atoms with van der Waals surface area (Å²) < 4.78 is 0. The quantitative estimate of drug-likeness (QED) is 0.904. The fraction of sp³-hybridized carbons (Fsp3) is 0.765. The van der Waals surface area contributed by atoms with Crippen LogP contribution in [0.2, 0.25) is 0 Å². The Hall–Kier alpha value is -1.16. The average molecular weight is 290 g/mol. The van der Waals surface area contributed by atoms with Crippen LogP contribution >= 0.6 is 0 Å². The average Bonchev–Trinajstić information content (AvgIpc) is 2.47. The van der Waals surface area contributed by atoms with Crippen molar-refractivity contribution in [3.05, 3.63) is 17.7 Å². The van der Waals surface area contributed by atoms with Crippen LogP contribution in [0.15, 0.2) is 6.20 Å². The van der Waals surface area contributed by atoms with Gasteiger partial charge in [0.15, 0.2) is 0 Å². The lowest BCUT2D eigenvalue weighted by Crippen LogP contribution is -2.39. The predicted molar refractivity (Wildman–Crippen MR) is 88.7 cm³/mol. The second-order valence-electron chi connectivity index (χ2n) is 6.68. The third-order valence-corrected chi connectivity index (χ3v) is 4.60. The molecule has 0 spiro atoms. The highest BCUT2D eigenvalue weighted by Crippen LogP contribution is 2.28. The first-order chi connectivity index (χ1) is 10.0. The van der Waals surface area contributed by atoms with Crippen molar-refractivity contribution in [1.82, 2.24) is 15.3 Å². The van der Waals surface area contributed by atoms with E-state index >= 15 is 0 Å². The van der Waals surface area contributed by atoms with Gasteiger partial charge in [-0.1, -0.05) is 34.6 Å². The topological polar surface area (TPSA) is 41.1 Å². The van der Waals surface area contributed by atoms with Gasteiger partial charge in [0.2, 0.25) is 0 Å². The summed E-state index contributed by atoms with van der Waals surface area (Å²) in [6.45, 7) is 15.2. The van der Waals surface area contributed by atoms with E-state index in [0.29, 0.717) is 5.92 Å². The first-order valence-corrected chi connectivity index (χ1v) is 8.34. The lowest BCUT2D eigenvalue weighted by molar-refractivity contribution is 0.323. The predicted octanol–water partition coefficient (Wildman–Crippen LogP) is 3.19. The number of hydrogen-bond acceptors (Lipinski definition) is 4. The number of nitrogens with zero attached hydrogens (tertiary/aromatic N) is 3. The molecule has 1 saturated heterocycles. The molecule has 0 saturated carbocycles. The van der Waals surface area contributed by atoms with Crippen LogP contribution in [-0.2, 0) is 6.54 Å². The van der Waals surface area contributed by atoms with Crippen LogP contribution in [0.3, 0.4) is 0 Å². The van der Waals surface area contributed by atoms with Crippen LogP contribution < -0.4 is 10.2 Å². The molecular formula is C17H30N4. The summed E-state index contributed by atoms with van der Waals surface area (Å²) in [5, 5.41) is 3.41. The van der Waals surface area contributed by atoms with Crippen molar-refractivity contribution in [2.75, 3.05) is 24.5 Å². The summed E-state index contributed by atoms with van der Waals surface area (Å²) in [6.07, 6.45) is 3.30. The van der Waals surface area contributed by atoms with E-state index in [4.69, 9.17) is 4.98 Å². The van der Waals surface area contributed by atoms with Crippen molar-refractivity contribution in [2.45, 2.75) is 53.5 Å². The standard InChI is InChI=1S/C17H30N4/c1-6-18-9-15-16(10-19-17(20-15)12(2)3)21-8-7-13(4)14(5)11-21/h10,12-14,18H,6-9,11H2,1-5H3. The van der Waals surface area contributed by atoms with Crippen LogP contribution in [0.25, 0.3) is 0 Å². The second kappa shape index (κ2) is 7.21. The van der Waals surface area contributed by atoms with Gasteiger partial charge in [0.1, 0.15) is 5.82 Å². The smallest absolute Gasteiger partial charge is 0.131 e. The van der Waals surface area contributed by atoms with Crippen molar-refractivity contribution < 1.29 is 0 Å². The Morgan fingerprint density at radius 1 is 1.33 bits per heavy atom. The Kier molecular flexibility index (Phi) is 5.57. The van der Waals surface area contributed by atoms with E-state index in [1.54, 1.807) is 0 Å². The minimum Gasteiger partial charge on any atom is -0.368 e. The van der Waals surface area contributed by atoms with Crippen LogP contribution in [0.1, 0.15) is 58.5 Å². The molecule has 0 aromatic carbocycles. The van der Waals surface area contributed by atoms with Crippen molar-refractivity contribution in [3.8, 4) is 0 Å². The van der Waals surface area contributed by atoms with Gasteiger partial charge in [-0.3, -0.25) is 0 Å². The molecule has 2 atom stereocenters. The molecule has 1 fully saturated rings. The normalized spacial score (nSPS) is 22.9. The van der Waals surface area contributed by atoms with E-state index in [0.717, 1.165) is 49.5 Å². The third-order valence-electron chi connectivity index (χ3n) is 4.60. The van der Waals surface area contributed by atoms with E-state index in [9.17, 15) is 0 Å². The van der Waals surface area contributed by atoms with E-state index < -0.39 is 0 Å². The van der Waals surface area contributed by atoms with Crippen molar-refractivity contribution in [3.63, 3.8) is 0 Å². The zero-order valence-corrected chi connectivity index (χ0v) is 14.2. The number of rotatable bonds is 5. The van der Waals surface area contributed by atoms with Crippen LogP contribution in [0.5, 0.6) is 0 Å². The molecular weight excluding hydrogens is 260 g/mol. The minimum absolute atomic E-state index is 0.375. The molecule has 0 aliphatic carbocycles. The van der Waals surface area contributed by atoms with E-state index in [2.05, 4.69) is 49.8 Å². The minimum atomic E-state index is 0.375. The Morgan fingerprint density at radius 3 is 2.71 bits per heavy atom. The van der Waals surface area contributed by atoms with Gasteiger partial charge in [0.05, 0.1) is 17.6 Å². The Labute approximate surface area is 129 Å². The molecule has 1 aliphatic rings. The summed E-state index contributed by atoms with van der Waals surface area (Å²) >= 11 is 0. The fourth-order valence-corrected chi connectivity index (χ4v) is 2.82. The van der Waals surface area contributed by atoms with Gasteiger partial charge in [-0.2, -0.15) is 0 Å². The zero-order chi connectivity index (χ0) is 15.4. The van der Waals surface area contributed by atoms with Gasteiger partial charge < -0.3 is 10.2 Å². The summed E-state index contributed by atoms with van der Waals surface area (Å²) in [5.74, 6) is 2.87. The number of anilines is 1. The van der Waals surface area contributed by atoms with Gasteiger partial charge in [0.25, 0.3) is 0 Å². The summed E-state index contributed by atoms with van der Waals surface area (Å²) in [4.78, 5) is 11.9. The molecule has 1 N–H and O–H groups in total. The molecule has 118 valence electrons. The van der Waals surface area contributed by atoms with Gasteiger partial charge in [-0.25, -0.2) is 9.97 Å². The fourth-order valence-electron chi connectivity index (χ4n) is 2.82. The molecule has 2 rings (SSSR count). The third kappa shape index (κ3) is 3.94. The van der Waals surface area contributed by atoms with E-state index in [1.807, 2.05) is 6.20 Å².